The minimum Gasteiger partial charge on any atom is -0.495 e. The summed E-state index contributed by atoms with van der Waals surface area (Å²) in [5, 5.41) is 4.05. The molecule has 0 atom stereocenters. The zero-order valence-electron chi connectivity index (χ0n) is 11.3. The predicted octanol–water partition coefficient (Wildman–Crippen LogP) is 2.85. The third-order valence-corrected chi connectivity index (χ3v) is 4.22. The maximum atomic E-state index is 5.54. The molecule has 2 aromatic rings. The maximum Gasteiger partial charge on any atom is 0.240 e. The molecule has 0 bridgehead atoms. The Kier molecular flexibility index (Phi) is 3.76. The molecule has 1 heterocycles. The molecule has 0 amide bonds. The van der Waals surface area contributed by atoms with Crippen molar-refractivity contribution in [2.24, 2.45) is 5.73 Å². The lowest BCUT2D eigenvalue weighted by Crippen LogP contribution is -2.07. The van der Waals surface area contributed by atoms with Crippen molar-refractivity contribution in [3.8, 4) is 17.1 Å². The zero-order valence-corrected chi connectivity index (χ0v) is 12.9. The van der Waals surface area contributed by atoms with E-state index in [2.05, 4.69) is 32.1 Å². The molecule has 5 nitrogen and oxygen atoms in total. The summed E-state index contributed by atoms with van der Waals surface area (Å²) in [4.78, 5) is 4.35. The van der Waals surface area contributed by atoms with E-state index in [9.17, 15) is 0 Å². The van der Waals surface area contributed by atoms with Crippen LogP contribution in [0.2, 0.25) is 0 Å². The van der Waals surface area contributed by atoms with Gasteiger partial charge in [0, 0.05) is 0 Å². The summed E-state index contributed by atoms with van der Waals surface area (Å²) in [7, 11) is 1.66. The van der Waals surface area contributed by atoms with Gasteiger partial charge in [-0.05, 0) is 58.8 Å². The number of ether oxygens (including phenoxy) is 1. The molecule has 0 saturated heterocycles. The van der Waals surface area contributed by atoms with Crippen molar-refractivity contribution in [2.45, 2.75) is 32.2 Å². The summed E-state index contributed by atoms with van der Waals surface area (Å²) in [6.07, 6.45) is 4.48. The molecule has 1 aliphatic carbocycles. The molecule has 3 rings (SSSR count). The van der Waals surface area contributed by atoms with Crippen LogP contribution in [0.3, 0.4) is 0 Å². The van der Waals surface area contributed by atoms with Gasteiger partial charge in [0.25, 0.3) is 0 Å². The first kappa shape index (κ1) is 13.6. The van der Waals surface area contributed by atoms with E-state index in [-0.39, 0.29) is 6.54 Å². The Morgan fingerprint density at radius 2 is 2.20 bits per heavy atom. The fourth-order valence-corrected chi connectivity index (χ4v) is 3.36. The highest BCUT2D eigenvalue weighted by molar-refractivity contribution is 9.10. The van der Waals surface area contributed by atoms with Crippen LogP contribution in [-0.2, 0) is 19.4 Å². The van der Waals surface area contributed by atoms with Crippen molar-refractivity contribution in [3.63, 3.8) is 0 Å². The van der Waals surface area contributed by atoms with Gasteiger partial charge in [0.05, 0.1) is 23.7 Å². The number of aromatic nitrogens is 2. The van der Waals surface area contributed by atoms with Crippen LogP contribution in [0.5, 0.6) is 5.75 Å². The van der Waals surface area contributed by atoms with E-state index < -0.39 is 0 Å². The van der Waals surface area contributed by atoms with Crippen molar-refractivity contribution >= 4 is 15.9 Å². The fourth-order valence-electron chi connectivity index (χ4n) is 2.72. The van der Waals surface area contributed by atoms with Gasteiger partial charge in [0.15, 0.2) is 0 Å². The maximum absolute atomic E-state index is 5.54. The highest BCUT2D eigenvalue weighted by atomic mass is 79.9. The summed E-state index contributed by atoms with van der Waals surface area (Å²) in [5.41, 5.74) is 9.07. The van der Waals surface area contributed by atoms with Crippen LogP contribution >= 0.6 is 15.9 Å². The van der Waals surface area contributed by atoms with Gasteiger partial charge in [-0.3, -0.25) is 0 Å². The van der Waals surface area contributed by atoms with Gasteiger partial charge >= 0.3 is 0 Å². The van der Waals surface area contributed by atoms with E-state index >= 15 is 0 Å². The first-order valence-corrected chi connectivity index (χ1v) is 7.45. The molecule has 0 fully saturated rings. The molecule has 20 heavy (non-hydrogen) atoms. The number of halogens is 1. The number of fused-ring (bicyclic) bond motifs is 1. The zero-order chi connectivity index (χ0) is 14.1. The molecule has 0 saturated carbocycles. The summed E-state index contributed by atoms with van der Waals surface area (Å²) in [6.45, 7) is 0.242. The number of hydrogen-bond donors (Lipinski definition) is 1. The first-order valence-electron chi connectivity index (χ1n) is 6.66. The normalized spacial score (nSPS) is 14.2. The quantitative estimate of drug-likeness (QED) is 0.931. The molecule has 1 aromatic heterocycles. The molecule has 0 spiro atoms. The lowest BCUT2D eigenvalue weighted by atomic mass is 9.87. The predicted molar refractivity (Wildman–Crippen MR) is 78.5 cm³/mol. The highest BCUT2D eigenvalue weighted by Crippen LogP contribution is 2.42. The van der Waals surface area contributed by atoms with Crippen LogP contribution in [0, 0.1) is 0 Å². The van der Waals surface area contributed by atoms with E-state index in [1.54, 1.807) is 7.11 Å². The van der Waals surface area contributed by atoms with Crippen molar-refractivity contribution in [1.82, 2.24) is 10.1 Å². The van der Waals surface area contributed by atoms with Crippen LogP contribution < -0.4 is 10.5 Å². The molecule has 0 aliphatic heterocycles. The average Bonchev–Trinajstić information content (AvgIpc) is 2.94. The van der Waals surface area contributed by atoms with Crippen molar-refractivity contribution in [1.29, 1.82) is 0 Å². The van der Waals surface area contributed by atoms with Crippen molar-refractivity contribution in [2.75, 3.05) is 7.11 Å². The second kappa shape index (κ2) is 5.54. The molecular formula is C14H16BrN3O2. The van der Waals surface area contributed by atoms with Crippen LogP contribution in [0.25, 0.3) is 11.4 Å². The van der Waals surface area contributed by atoms with Crippen molar-refractivity contribution < 1.29 is 9.26 Å². The van der Waals surface area contributed by atoms with Gasteiger partial charge in [-0.15, -0.1) is 0 Å². The van der Waals surface area contributed by atoms with Gasteiger partial charge in [0.2, 0.25) is 11.7 Å². The molecule has 106 valence electrons. The first-order chi connectivity index (χ1) is 9.74. The molecule has 0 unspecified atom stereocenters. The smallest absolute Gasteiger partial charge is 0.240 e. The molecule has 6 heteroatoms. The summed E-state index contributed by atoms with van der Waals surface area (Å²) >= 11 is 3.57. The number of nitrogens with zero attached hydrogens (tertiary/aromatic N) is 2. The third-order valence-electron chi connectivity index (χ3n) is 3.63. The largest absolute Gasteiger partial charge is 0.495 e. The van der Waals surface area contributed by atoms with Gasteiger partial charge in [-0.1, -0.05) is 5.16 Å². The standard InChI is InChI=1S/C14H16BrN3O2/c1-19-13-10(15)6-8-4-2-3-5-9(8)12(13)14-17-11(7-16)20-18-14/h6H,2-5,7,16H2,1H3. The fraction of sp³-hybridized carbons (Fsp3) is 0.429. The van der Waals surface area contributed by atoms with E-state index in [0.29, 0.717) is 11.7 Å². The topological polar surface area (TPSA) is 74.2 Å². The molecule has 1 aliphatic rings. The van der Waals surface area contributed by atoms with E-state index in [1.807, 2.05) is 0 Å². The van der Waals surface area contributed by atoms with Gasteiger partial charge in [-0.25, -0.2) is 0 Å². The monoisotopic (exact) mass is 337 g/mol. The van der Waals surface area contributed by atoms with Crippen LogP contribution in [0.4, 0.5) is 0 Å². The molecule has 1 aromatic carbocycles. The summed E-state index contributed by atoms with van der Waals surface area (Å²) < 4.78 is 11.6. The second-order valence-corrected chi connectivity index (χ2v) is 5.68. The Labute approximate surface area is 125 Å². The van der Waals surface area contributed by atoms with Crippen LogP contribution in [-0.4, -0.2) is 17.3 Å². The Morgan fingerprint density at radius 1 is 1.40 bits per heavy atom. The summed E-state index contributed by atoms with van der Waals surface area (Å²) in [6, 6.07) is 2.14. The Hall–Kier alpha value is -1.40. The Bertz CT molecular complexity index is 640. The van der Waals surface area contributed by atoms with E-state index in [0.717, 1.165) is 28.6 Å². The minimum atomic E-state index is 0.242. The molecule has 2 N–H and O–H groups in total. The van der Waals surface area contributed by atoms with Crippen molar-refractivity contribution in [3.05, 3.63) is 27.6 Å². The lowest BCUT2D eigenvalue weighted by molar-refractivity contribution is 0.379. The Morgan fingerprint density at radius 3 is 2.90 bits per heavy atom. The van der Waals surface area contributed by atoms with Crippen LogP contribution in [0.15, 0.2) is 15.1 Å². The third kappa shape index (κ3) is 2.23. The van der Waals surface area contributed by atoms with Gasteiger partial charge in [0.1, 0.15) is 5.75 Å². The van der Waals surface area contributed by atoms with E-state index in [1.165, 1.54) is 24.0 Å². The van der Waals surface area contributed by atoms with Gasteiger partial charge < -0.3 is 15.0 Å². The molecular weight excluding hydrogens is 322 g/mol. The number of nitrogens with two attached hydrogens (primary N) is 1. The van der Waals surface area contributed by atoms with Crippen LogP contribution in [0.1, 0.15) is 29.9 Å². The number of hydrogen-bond acceptors (Lipinski definition) is 5. The number of rotatable bonds is 3. The summed E-state index contributed by atoms with van der Waals surface area (Å²) in [5.74, 6) is 1.75. The number of methoxy groups -OCH3 is 1. The van der Waals surface area contributed by atoms with E-state index in [4.69, 9.17) is 15.0 Å². The number of aryl methyl sites for hydroxylation is 1. The molecule has 0 radical (unpaired) electrons. The minimum absolute atomic E-state index is 0.242. The number of benzene rings is 1. The second-order valence-electron chi connectivity index (χ2n) is 4.83. The highest BCUT2D eigenvalue weighted by Gasteiger charge is 2.24. The lowest BCUT2D eigenvalue weighted by Gasteiger charge is -2.21. The average molecular weight is 338 g/mol. The SMILES string of the molecule is COc1c(Br)cc2c(c1-c1noc(CN)n1)CCCC2. The Balaban J connectivity index is 2.23. The van der Waals surface area contributed by atoms with Gasteiger partial charge in [-0.2, -0.15) is 4.98 Å².